The van der Waals surface area contributed by atoms with Crippen LogP contribution in [0, 0.1) is 0 Å². The molecule has 1 fully saturated rings. The van der Waals surface area contributed by atoms with Crippen molar-refractivity contribution in [3.63, 3.8) is 0 Å². The van der Waals surface area contributed by atoms with E-state index in [1.807, 2.05) is 13.0 Å². The lowest BCUT2D eigenvalue weighted by Gasteiger charge is -2.13. The van der Waals surface area contributed by atoms with Gasteiger partial charge in [0, 0.05) is 24.0 Å². The Balaban J connectivity index is 1.51. The molecule has 122 valence electrons. The molecule has 2 aromatic rings. The van der Waals surface area contributed by atoms with Gasteiger partial charge in [-0.15, -0.1) is 0 Å². The third kappa shape index (κ3) is 2.98. The number of nitrogens with zero attached hydrogens (tertiary/aromatic N) is 2. The number of H-pyrrole nitrogens is 1. The number of nitrogens with one attached hydrogen (secondary N) is 2. The summed E-state index contributed by atoms with van der Waals surface area (Å²) in [4.78, 5) is 4.55. The molecule has 6 heteroatoms. The van der Waals surface area contributed by atoms with E-state index in [1.54, 1.807) is 0 Å². The molecule has 4 rings (SSSR count). The Bertz CT molecular complexity index is 709. The van der Waals surface area contributed by atoms with Crippen molar-refractivity contribution >= 4 is 5.69 Å². The van der Waals surface area contributed by atoms with Crippen LogP contribution in [0.2, 0.25) is 0 Å². The van der Waals surface area contributed by atoms with E-state index in [0.29, 0.717) is 19.1 Å². The largest absolute Gasteiger partial charge is 0.492 e. The van der Waals surface area contributed by atoms with Crippen molar-refractivity contribution in [3.8, 4) is 11.5 Å². The van der Waals surface area contributed by atoms with Crippen LogP contribution in [0.3, 0.4) is 0 Å². The zero-order valence-corrected chi connectivity index (χ0v) is 13.6. The van der Waals surface area contributed by atoms with E-state index in [9.17, 15) is 0 Å². The maximum absolute atomic E-state index is 5.85. The average molecular weight is 314 g/mol. The number of aromatic amines is 1. The average Bonchev–Trinajstić information content (AvgIpc) is 3.16. The Morgan fingerprint density at radius 1 is 1.39 bits per heavy atom. The molecule has 6 nitrogen and oxygen atoms in total. The smallest absolute Gasteiger partial charge is 0.153 e. The highest BCUT2D eigenvalue weighted by Gasteiger charge is 2.27. The van der Waals surface area contributed by atoms with E-state index in [1.165, 1.54) is 18.4 Å². The highest BCUT2D eigenvalue weighted by Crippen LogP contribution is 2.39. The molecule has 0 amide bonds. The molecule has 0 bridgehead atoms. The summed E-state index contributed by atoms with van der Waals surface area (Å²) < 4.78 is 11.6. The van der Waals surface area contributed by atoms with Gasteiger partial charge in [-0.3, -0.25) is 5.10 Å². The van der Waals surface area contributed by atoms with E-state index in [4.69, 9.17) is 9.47 Å². The third-order valence-corrected chi connectivity index (χ3v) is 4.24. The van der Waals surface area contributed by atoms with Gasteiger partial charge in [0.2, 0.25) is 0 Å². The first kappa shape index (κ1) is 14.4. The molecule has 2 aliphatic rings. The molecule has 1 saturated carbocycles. The Hall–Kier alpha value is -2.24. The van der Waals surface area contributed by atoms with Gasteiger partial charge in [-0.1, -0.05) is 0 Å². The van der Waals surface area contributed by atoms with Crippen molar-refractivity contribution in [3.05, 3.63) is 29.3 Å². The fourth-order valence-electron chi connectivity index (χ4n) is 2.94. The van der Waals surface area contributed by atoms with Crippen molar-refractivity contribution < 1.29 is 9.47 Å². The summed E-state index contributed by atoms with van der Waals surface area (Å²) >= 11 is 0. The van der Waals surface area contributed by atoms with Gasteiger partial charge in [-0.25, -0.2) is 4.98 Å². The van der Waals surface area contributed by atoms with Gasteiger partial charge in [-0.05, 0) is 32.8 Å². The molecule has 1 aromatic heterocycles. The minimum Gasteiger partial charge on any atom is -0.492 e. The second-order valence-corrected chi connectivity index (χ2v) is 6.29. The highest BCUT2D eigenvalue weighted by atomic mass is 16.5. The maximum Gasteiger partial charge on any atom is 0.153 e. The Morgan fingerprint density at radius 2 is 2.26 bits per heavy atom. The van der Waals surface area contributed by atoms with Gasteiger partial charge in [-0.2, -0.15) is 5.10 Å². The SMILES string of the molecule is CCOc1cc2c(cc1NCc1nc(C3CC3)n[nH]1)O[C@@H](C)C2. The van der Waals surface area contributed by atoms with E-state index in [-0.39, 0.29) is 6.10 Å². The van der Waals surface area contributed by atoms with Crippen LogP contribution in [0.4, 0.5) is 5.69 Å². The fraction of sp³-hybridized carbons (Fsp3) is 0.529. The predicted molar refractivity (Wildman–Crippen MR) is 87.1 cm³/mol. The van der Waals surface area contributed by atoms with Crippen LogP contribution in [-0.4, -0.2) is 27.9 Å². The molecule has 1 aliphatic carbocycles. The summed E-state index contributed by atoms with van der Waals surface area (Å²) in [6.45, 7) is 5.31. The molecule has 0 unspecified atom stereocenters. The van der Waals surface area contributed by atoms with Crippen molar-refractivity contribution in [2.75, 3.05) is 11.9 Å². The minimum atomic E-state index is 0.227. The molecule has 0 spiro atoms. The van der Waals surface area contributed by atoms with Gasteiger partial charge >= 0.3 is 0 Å². The van der Waals surface area contributed by atoms with E-state index in [0.717, 1.165) is 35.3 Å². The Morgan fingerprint density at radius 3 is 3.04 bits per heavy atom. The van der Waals surface area contributed by atoms with Gasteiger partial charge in [0.25, 0.3) is 0 Å². The summed E-state index contributed by atoms with van der Waals surface area (Å²) in [5.74, 6) is 4.17. The number of ether oxygens (including phenoxy) is 2. The molecular weight excluding hydrogens is 292 g/mol. The van der Waals surface area contributed by atoms with E-state index < -0.39 is 0 Å². The molecule has 2 N–H and O–H groups in total. The number of rotatable bonds is 6. The van der Waals surface area contributed by atoms with Gasteiger partial charge < -0.3 is 14.8 Å². The number of hydrogen-bond acceptors (Lipinski definition) is 5. The Kier molecular flexibility index (Phi) is 3.59. The van der Waals surface area contributed by atoms with Crippen LogP contribution in [0.5, 0.6) is 11.5 Å². The summed E-state index contributed by atoms with van der Waals surface area (Å²) in [6, 6.07) is 4.11. The van der Waals surface area contributed by atoms with Crippen LogP contribution in [-0.2, 0) is 13.0 Å². The van der Waals surface area contributed by atoms with Crippen LogP contribution >= 0.6 is 0 Å². The van der Waals surface area contributed by atoms with Gasteiger partial charge in [0.05, 0.1) is 18.8 Å². The van der Waals surface area contributed by atoms with Crippen molar-refractivity contribution in [1.29, 1.82) is 0 Å². The summed E-state index contributed by atoms with van der Waals surface area (Å²) in [6.07, 6.45) is 3.58. The van der Waals surface area contributed by atoms with Crippen molar-refractivity contribution in [2.45, 2.75) is 51.7 Å². The number of benzene rings is 1. The molecule has 0 saturated heterocycles. The fourth-order valence-corrected chi connectivity index (χ4v) is 2.94. The molecule has 1 atom stereocenters. The predicted octanol–water partition coefficient (Wildman–Crippen LogP) is 3.02. The molecule has 0 radical (unpaired) electrons. The van der Waals surface area contributed by atoms with Crippen LogP contribution in [0.15, 0.2) is 12.1 Å². The third-order valence-electron chi connectivity index (χ3n) is 4.24. The van der Waals surface area contributed by atoms with E-state index in [2.05, 4.69) is 33.5 Å². The van der Waals surface area contributed by atoms with E-state index >= 15 is 0 Å². The maximum atomic E-state index is 5.85. The number of anilines is 1. The van der Waals surface area contributed by atoms with Gasteiger partial charge in [0.1, 0.15) is 23.4 Å². The molecular formula is C17H22N4O2. The minimum absolute atomic E-state index is 0.227. The summed E-state index contributed by atoms with van der Waals surface area (Å²) in [7, 11) is 0. The van der Waals surface area contributed by atoms with Crippen LogP contribution in [0.25, 0.3) is 0 Å². The first-order valence-corrected chi connectivity index (χ1v) is 8.34. The first-order chi connectivity index (χ1) is 11.2. The van der Waals surface area contributed by atoms with Crippen LogP contribution < -0.4 is 14.8 Å². The standard InChI is InChI=1S/C17H22N4O2/c1-3-22-15-7-12-6-10(2)23-14(12)8-13(15)18-9-16-19-17(21-20-16)11-4-5-11/h7-8,10-11,18H,3-6,9H2,1-2H3,(H,19,20,21)/t10-/m0/s1. The number of hydrogen-bond donors (Lipinski definition) is 2. The Labute approximate surface area is 135 Å². The van der Waals surface area contributed by atoms with Crippen LogP contribution in [0.1, 0.15) is 49.8 Å². The lowest BCUT2D eigenvalue weighted by atomic mass is 10.1. The highest BCUT2D eigenvalue weighted by molar-refractivity contribution is 5.63. The summed E-state index contributed by atoms with van der Waals surface area (Å²) in [5, 5.41) is 10.7. The molecule has 1 aliphatic heterocycles. The van der Waals surface area contributed by atoms with Gasteiger partial charge in [0.15, 0.2) is 5.82 Å². The zero-order chi connectivity index (χ0) is 15.8. The molecule has 2 heterocycles. The second-order valence-electron chi connectivity index (χ2n) is 6.29. The lowest BCUT2D eigenvalue weighted by Crippen LogP contribution is -2.05. The monoisotopic (exact) mass is 314 g/mol. The second kappa shape index (κ2) is 5.76. The molecule has 23 heavy (non-hydrogen) atoms. The zero-order valence-electron chi connectivity index (χ0n) is 13.6. The first-order valence-electron chi connectivity index (χ1n) is 8.34. The van der Waals surface area contributed by atoms with Crippen molar-refractivity contribution in [1.82, 2.24) is 15.2 Å². The number of aromatic nitrogens is 3. The number of fused-ring (bicyclic) bond motifs is 1. The molecule has 1 aromatic carbocycles. The normalized spacial score (nSPS) is 19.3. The summed E-state index contributed by atoms with van der Waals surface area (Å²) in [5.41, 5.74) is 2.14. The van der Waals surface area contributed by atoms with Crippen molar-refractivity contribution in [2.24, 2.45) is 0 Å². The lowest BCUT2D eigenvalue weighted by molar-refractivity contribution is 0.254. The topological polar surface area (TPSA) is 72.1 Å². The quantitative estimate of drug-likeness (QED) is 0.857.